The van der Waals surface area contributed by atoms with Crippen LogP contribution in [0.1, 0.15) is 0 Å². The van der Waals surface area contributed by atoms with Crippen LogP contribution >= 0.6 is 29.5 Å². The fourth-order valence-corrected chi connectivity index (χ4v) is 10.3. The molecule has 0 fully saturated rings. The van der Waals surface area contributed by atoms with Gasteiger partial charge in [0.1, 0.15) is 0 Å². The second-order valence-electron chi connectivity index (χ2n) is 2.70. The molecule has 0 saturated carbocycles. The van der Waals surface area contributed by atoms with Crippen molar-refractivity contribution in [2.45, 2.75) is 4.89 Å². The molecule has 0 aliphatic heterocycles. The fraction of sp³-hybridized carbons (Fsp3) is 1.00. The van der Waals surface area contributed by atoms with Crippen molar-refractivity contribution in [1.82, 2.24) is 0 Å². The molecule has 0 radical (unpaired) electrons. The fourth-order valence-electron chi connectivity index (χ4n) is 0.675. The Kier molecular flexibility index (Phi) is 4.44. The van der Waals surface area contributed by atoms with Crippen molar-refractivity contribution in [2.75, 3.05) is 0 Å². The summed E-state index contributed by atoms with van der Waals surface area (Å²) in [7, 11) is -26.6. The Morgan fingerprint density at radius 3 is 1.00 bits per heavy atom. The minimum absolute atomic E-state index is 5.56. The maximum Gasteiger partial charge on any atom is 0.412 e. The first-order chi connectivity index (χ1) is 7.00. The lowest BCUT2D eigenvalue weighted by molar-refractivity contribution is 0.256. The SMILES string of the molecule is O=P(O)(O)C(F)(P(=O)(O)O)P(=O)(O)P(=O)(O)O. The maximum atomic E-state index is 13.5. The number of hydrogen-bond donors (Lipinski definition) is 7. The van der Waals surface area contributed by atoms with Crippen LogP contribution in [0.25, 0.3) is 0 Å². The van der Waals surface area contributed by atoms with Crippen LogP contribution in [0.3, 0.4) is 0 Å². The molecule has 0 rings (SSSR count). The molecule has 0 amide bonds. The van der Waals surface area contributed by atoms with Crippen molar-refractivity contribution in [2.24, 2.45) is 0 Å². The molecule has 0 aliphatic rings. The third-order valence-corrected chi connectivity index (χ3v) is 13.0. The minimum Gasteiger partial charge on any atom is -0.333 e. The predicted octanol–water partition coefficient (Wildman–Crippen LogP) is -0.714. The molecule has 0 heterocycles. The van der Waals surface area contributed by atoms with Gasteiger partial charge in [-0.05, 0) is 0 Å². The van der Waals surface area contributed by atoms with E-state index >= 15 is 0 Å². The maximum absolute atomic E-state index is 13.5. The molecule has 0 saturated heterocycles. The molecule has 11 nitrogen and oxygen atoms in total. The van der Waals surface area contributed by atoms with Gasteiger partial charge in [0.25, 0.3) is 0 Å². The van der Waals surface area contributed by atoms with Gasteiger partial charge in [-0.15, -0.1) is 0 Å². The Bertz CT molecular complexity index is 466. The van der Waals surface area contributed by atoms with E-state index in [1.54, 1.807) is 0 Å². The summed E-state index contributed by atoms with van der Waals surface area (Å²) in [6, 6.07) is 0. The molecule has 7 N–H and O–H groups in total. The Labute approximate surface area is 92.1 Å². The van der Waals surface area contributed by atoms with Crippen molar-refractivity contribution in [3.63, 3.8) is 0 Å². The van der Waals surface area contributed by atoms with E-state index in [1.165, 1.54) is 0 Å². The lowest BCUT2D eigenvalue weighted by Crippen LogP contribution is -2.23. The Morgan fingerprint density at radius 1 is 0.706 bits per heavy atom. The largest absolute Gasteiger partial charge is 0.412 e. The van der Waals surface area contributed by atoms with E-state index in [4.69, 9.17) is 34.3 Å². The van der Waals surface area contributed by atoms with Gasteiger partial charge in [0, 0.05) is 0 Å². The first-order valence-corrected chi connectivity index (χ1v) is 10.4. The van der Waals surface area contributed by atoms with Gasteiger partial charge >= 0.3 is 34.4 Å². The molecule has 16 heteroatoms. The highest BCUT2D eigenvalue weighted by atomic mass is 32.1. The number of hydrogen-bond acceptors (Lipinski definition) is 4. The smallest absolute Gasteiger partial charge is 0.333 e. The van der Waals surface area contributed by atoms with Crippen LogP contribution in [0.2, 0.25) is 0 Å². The Morgan fingerprint density at radius 2 is 0.941 bits per heavy atom. The van der Waals surface area contributed by atoms with Crippen LogP contribution in [-0.4, -0.2) is 39.1 Å². The monoisotopic (exact) mass is 338 g/mol. The molecule has 1 atom stereocenters. The molecule has 0 aromatic heterocycles. The zero-order valence-corrected chi connectivity index (χ0v) is 11.0. The van der Waals surface area contributed by atoms with Crippen LogP contribution < -0.4 is 0 Å². The van der Waals surface area contributed by atoms with Gasteiger partial charge in [0.2, 0.25) is 0 Å². The van der Waals surface area contributed by atoms with Gasteiger partial charge in [0.15, 0.2) is 0 Å². The van der Waals surface area contributed by atoms with Crippen LogP contribution in [0.15, 0.2) is 0 Å². The zero-order chi connectivity index (χ0) is 14.5. The van der Waals surface area contributed by atoms with E-state index < -0.39 is 34.4 Å². The third-order valence-electron chi connectivity index (χ3n) is 1.47. The number of halogens is 1. The molecular formula is CH7FO11P4. The highest BCUT2D eigenvalue weighted by molar-refractivity contribution is 8.33. The van der Waals surface area contributed by atoms with Gasteiger partial charge < -0.3 is 34.3 Å². The summed E-state index contributed by atoms with van der Waals surface area (Å²) in [6.45, 7) is 0. The lowest BCUT2D eigenvalue weighted by atomic mass is 11.7. The molecule has 0 aromatic carbocycles. The summed E-state index contributed by atoms with van der Waals surface area (Å²) in [5, 5.41) is 0. The molecule has 0 spiro atoms. The van der Waals surface area contributed by atoms with Crippen LogP contribution in [0.5, 0.6) is 0 Å². The van der Waals surface area contributed by atoms with Crippen molar-refractivity contribution in [3.05, 3.63) is 0 Å². The van der Waals surface area contributed by atoms with Crippen molar-refractivity contribution >= 4 is 29.5 Å². The lowest BCUT2D eigenvalue weighted by Gasteiger charge is -2.30. The Balaban J connectivity index is 6.46. The first-order valence-electron chi connectivity index (χ1n) is 3.19. The zero-order valence-electron chi connectivity index (χ0n) is 7.43. The molecule has 0 bridgehead atoms. The third kappa shape index (κ3) is 2.63. The average molecular weight is 338 g/mol. The second kappa shape index (κ2) is 4.30. The van der Waals surface area contributed by atoms with Crippen LogP contribution in [-0.2, 0) is 18.3 Å². The molecule has 17 heavy (non-hydrogen) atoms. The van der Waals surface area contributed by atoms with E-state index in [0.717, 1.165) is 0 Å². The molecule has 1 unspecified atom stereocenters. The van der Waals surface area contributed by atoms with Crippen molar-refractivity contribution in [3.8, 4) is 0 Å². The van der Waals surface area contributed by atoms with Gasteiger partial charge in [-0.25, -0.2) is 8.96 Å². The highest BCUT2D eigenvalue weighted by Gasteiger charge is 2.78. The quantitative estimate of drug-likeness (QED) is 0.318. The van der Waals surface area contributed by atoms with E-state index in [2.05, 4.69) is 0 Å². The topological polar surface area (TPSA) is 210 Å². The van der Waals surface area contributed by atoms with Crippen LogP contribution in [0.4, 0.5) is 4.39 Å². The summed E-state index contributed by atoms with van der Waals surface area (Å²) in [4.78, 5) is 53.0. The predicted molar refractivity (Wildman–Crippen MR) is 49.8 cm³/mol. The van der Waals surface area contributed by atoms with Gasteiger partial charge in [-0.1, -0.05) is 0 Å². The number of rotatable bonds is 4. The van der Waals surface area contributed by atoms with Crippen molar-refractivity contribution < 1.29 is 56.9 Å². The first kappa shape index (κ1) is 17.6. The van der Waals surface area contributed by atoms with Gasteiger partial charge in [0.05, 0.1) is 0 Å². The minimum atomic E-state index is -6.87. The normalized spacial score (nSPS) is 18.8. The van der Waals surface area contributed by atoms with E-state index in [-0.39, 0.29) is 0 Å². The molecular weight excluding hydrogens is 331 g/mol. The Hall–Kier alpha value is 0.570. The van der Waals surface area contributed by atoms with Crippen LogP contribution in [0, 0.1) is 0 Å². The standard InChI is InChI=1S/CH7FO11P4/c2-1(14(3,4)5,15(6,7)8)16(9,10)17(11,12)13/h(H,9,10)(H2,3,4,5)(H2,6,7,8)(H2,11,12,13). The average Bonchev–Trinajstić information content (AvgIpc) is 1.95. The summed E-state index contributed by atoms with van der Waals surface area (Å²) in [6.07, 6.45) is 0. The number of alkyl halides is 1. The summed E-state index contributed by atoms with van der Waals surface area (Å²) in [5.74, 6) is 0. The highest BCUT2D eigenvalue weighted by Crippen LogP contribution is 2.95. The summed E-state index contributed by atoms with van der Waals surface area (Å²) >= 11 is 0. The van der Waals surface area contributed by atoms with Gasteiger partial charge in [-0.3, -0.25) is 13.7 Å². The summed E-state index contributed by atoms with van der Waals surface area (Å²) < 4.78 is 56.1. The van der Waals surface area contributed by atoms with E-state index in [1.807, 2.05) is 0 Å². The molecule has 0 aliphatic carbocycles. The van der Waals surface area contributed by atoms with Crippen molar-refractivity contribution in [1.29, 1.82) is 0 Å². The van der Waals surface area contributed by atoms with E-state index in [9.17, 15) is 22.7 Å². The van der Waals surface area contributed by atoms with Gasteiger partial charge in [-0.2, -0.15) is 0 Å². The van der Waals surface area contributed by atoms with E-state index in [0.29, 0.717) is 0 Å². The summed E-state index contributed by atoms with van der Waals surface area (Å²) in [5.41, 5.74) is 0. The molecule has 0 aromatic rings. The second-order valence-corrected chi connectivity index (χ2v) is 13.1. The molecule has 104 valence electrons.